The fourth-order valence-electron chi connectivity index (χ4n) is 2.06. The van der Waals surface area contributed by atoms with E-state index < -0.39 is 0 Å². The molecule has 0 spiro atoms. The van der Waals surface area contributed by atoms with Gasteiger partial charge >= 0.3 is 0 Å². The Bertz CT molecular complexity index is 624. The summed E-state index contributed by atoms with van der Waals surface area (Å²) in [6.07, 6.45) is 0.875. The van der Waals surface area contributed by atoms with Crippen LogP contribution in [0.4, 0.5) is 4.39 Å². The molecule has 108 valence electrons. The van der Waals surface area contributed by atoms with Gasteiger partial charge in [-0.15, -0.1) is 11.6 Å². The smallest absolute Gasteiger partial charge is 0.240 e. The van der Waals surface area contributed by atoms with Gasteiger partial charge in [0.1, 0.15) is 18.2 Å². The fourth-order valence-corrected chi connectivity index (χ4v) is 2.22. The molecule has 1 aromatic heterocycles. The number of halogens is 2. The third-order valence-electron chi connectivity index (χ3n) is 2.97. The maximum absolute atomic E-state index is 13.2. The van der Waals surface area contributed by atoms with E-state index in [-0.39, 0.29) is 23.6 Å². The van der Waals surface area contributed by atoms with Crippen molar-refractivity contribution in [3.63, 3.8) is 0 Å². The molecule has 6 heteroatoms. The van der Waals surface area contributed by atoms with Crippen LogP contribution in [0.25, 0.3) is 11.0 Å². The van der Waals surface area contributed by atoms with Crippen molar-refractivity contribution in [2.24, 2.45) is 0 Å². The summed E-state index contributed by atoms with van der Waals surface area (Å²) in [6.45, 7) is 4.53. The molecule has 1 amide bonds. The monoisotopic (exact) mass is 297 g/mol. The minimum absolute atomic E-state index is 0.103. The number of fused-ring (bicyclic) bond motifs is 1. The lowest BCUT2D eigenvalue weighted by atomic mass is 10.3. The van der Waals surface area contributed by atoms with Gasteiger partial charge in [-0.1, -0.05) is 6.92 Å². The first-order chi connectivity index (χ1) is 9.52. The van der Waals surface area contributed by atoms with Crippen LogP contribution in [-0.4, -0.2) is 22.0 Å². The van der Waals surface area contributed by atoms with E-state index in [1.165, 1.54) is 12.1 Å². The minimum atomic E-state index is -0.357. The third kappa shape index (κ3) is 3.10. The number of nitrogens with zero attached hydrogens (tertiary/aromatic N) is 2. The minimum Gasteiger partial charge on any atom is -0.355 e. The lowest BCUT2D eigenvalue weighted by Crippen LogP contribution is -2.28. The number of alkyl halides is 1. The van der Waals surface area contributed by atoms with Crippen LogP contribution in [-0.2, 0) is 11.3 Å². The maximum Gasteiger partial charge on any atom is 0.240 e. The van der Waals surface area contributed by atoms with Gasteiger partial charge in [-0.3, -0.25) is 4.79 Å². The average molecular weight is 298 g/mol. The molecule has 1 atom stereocenters. The number of carbonyl (C=O) groups excluding carboxylic acids is 1. The van der Waals surface area contributed by atoms with Gasteiger partial charge in [0.05, 0.1) is 16.4 Å². The van der Waals surface area contributed by atoms with E-state index in [1.54, 1.807) is 17.6 Å². The highest BCUT2D eigenvalue weighted by molar-refractivity contribution is 6.20. The number of imidazole rings is 1. The Hall–Kier alpha value is -1.62. The van der Waals surface area contributed by atoms with E-state index in [1.807, 2.05) is 6.92 Å². The van der Waals surface area contributed by atoms with Crippen LogP contribution in [0.3, 0.4) is 0 Å². The first-order valence-electron chi connectivity index (χ1n) is 6.59. The molecule has 0 radical (unpaired) electrons. The molecule has 20 heavy (non-hydrogen) atoms. The number of hydrogen-bond donors (Lipinski definition) is 1. The Morgan fingerprint density at radius 2 is 2.30 bits per heavy atom. The second kappa shape index (κ2) is 6.22. The highest BCUT2D eigenvalue weighted by Gasteiger charge is 2.17. The zero-order valence-electron chi connectivity index (χ0n) is 11.5. The molecule has 1 heterocycles. The van der Waals surface area contributed by atoms with Crippen molar-refractivity contribution in [3.05, 3.63) is 29.8 Å². The molecule has 1 aromatic carbocycles. The van der Waals surface area contributed by atoms with Crippen molar-refractivity contribution in [1.29, 1.82) is 0 Å². The number of nitrogens with one attached hydrogen (secondary N) is 1. The van der Waals surface area contributed by atoms with Gasteiger partial charge in [0.15, 0.2) is 0 Å². The number of amides is 1. The zero-order chi connectivity index (χ0) is 14.7. The molecule has 0 aliphatic rings. The van der Waals surface area contributed by atoms with E-state index in [9.17, 15) is 9.18 Å². The average Bonchev–Trinajstić information content (AvgIpc) is 2.74. The Balaban J connectivity index is 2.38. The molecule has 1 N–H and O–H groups in total. The van der Waals surface area contributed by atoms with Crippen LogP contribution in [0, 0.1) is 5.82 Å². The van der Waals surface area contributed by atoms with Gasteiger partial charge in [0.2, 0.25) is 5.91 Å². The Morgan fingerprint density at radius 3 is 2.95 bits per heavy atom. The SMILES string of the molecule is CCCNC(=O)Cn1c(C(C)Cl)nc2cc(F)ccc21. The van der Waals surface area contributed by atoms with E-state index in [4.69, 9.17) is 11.6 Å². The second-order valence-corrected chi connectivity index (χ2v) is 5.31. The Morgan fingerprint density at radius 1 is 1.55 bits per heavy atom. The van der Waals surface area contributed by atoms with E-state index in [2.05, 4.69) is 10.3 Å². The van der Waals surface area contributed by atoms with Gasteiger partial charge in [0.25, 0.3) is 0 Å². The summed E-state index contributed by atoms with van der Waals surface area (Å²) in [5.74, 6) is 0.110. The highest BCUT2D eigenvalue weighted by atomic mass is 35.5. The number of hydrogen-bond acceptors (Lipinski definition) is 2. The van der Waals surface area contributed by atoms with E-state index in [0.717, 1.165) is 6.42 Å². The summed E-state index contributed by atoms with van der Waals surface area (Å²) in [7, 11) is 0. The van der Waals surface area contributed by atoms with Gasteiger partial charge in [-0.2, -0.15) is 0 Å². The number of carbonyl (C=O) groups is 1. The molecule has 0 saturated heterocycles. The van der Waals surface area contributed by atoms with Gasteiger partial charge in [0, 0.05) is 12.6 Å². The van der Waals surface area contributed by atoms with Gasteiger partial charge in [-0.25, -0.2) is 9.37 Å². The standard InChI is InChI=1S/C14H17ClFN3O/c1-3-6-17-13(20)8-19-12-5-4-10(16)7-11(12)18-14(19)9(2)15/h4-5,7,9H,3,6,8H2,1-2H3,(H,17,20). The van der Waals surface area contributed by atoms with Crippen LogP contribution >= 0.6 is 11.6 Å². The predicted molar refractivity (Wildman–Crippen MR) is 77.3 cm³/mol. The molecule has 0 bridgehead atoms. The summed E-state index contributed by atoms with van der Waals surface area (Å²) in [5, 5.41) is 2.45. The lowest BCUT2D eigenvalue weighted by Gasteiger charge is -2.10. The molecule has 0 fully saturated rings. The number of aromatic nitrogens is 2. The summed E-state index contributed by atoms with van der Waals surface area (Å²) >= 11 is 6.10. The summed E-state index contributed by atoms with van der Waals surface area (Å²) < 4.78 is 15.0. The predicted octanol–water partition coefficient (Wildman–Crippen LogP) is 3.00. The van der Waals surface area contributed by atoms with Gasteiger partial charge < -0.3 is 9.88 Å². The first kappa shape index (κ1) is 14.8. The van der Waals surface area contributed by atoms with E-state index in [0.29, 0.717) is 23.4 Å². The van der Waals surface area contributed by atoms with Crippen LogP contribution < -0.4 is 5.32 Å². The fraction of sp³-hybridized carbons (Fsp3) is 0.429. The normalized spacial score (nSPS) is 12.6. The molecular weight excluding hydrogens is 281 g/mol. The van der Waals surface area contributed by atoms with Crippen molar-refractivity contribution in [2.75, 3.05) is 6.54 Å². The molecule has 0 aliphatic heterocycles. The molecule has 4 nitrogen and oxygen atoms in total. The van der Waals surface area contributed by atoms with Crippen molar-refractivity contribution in [2.45, 2.75) is 32.2 Å². The Kier molecular flexibility index (Phi) is 4.60. The lowest BCUT2D eigenvalue weighted by molar-refractivity contribution is -0.121. The van der Waals surface area contributed by atoms with Gasteiger partial charge in [-0.05, 0) is 25.5 Å². The molecule has 0 aliphatic carbocycles. The molecule has 2 rings (SSSR count). The zero-order valence-corrected chi connectivity index (χ0v) is 12.2. The molecular formula is C14H17ClFN3O. The van der Waals surface area contributed by atoms with E-state index >= 15 is 0 Å². The number of rotatable bonds is 5. The topological polar surface area (TPSA) is 46.9 Å². The van der Waals surface area contributed by atoms with Crippen LogP contribution in [0.5, 0.6) is 0 Å². The second-order valence-electron chi connectivity index (χ2n) is 4.66. The summed E-state index contributed by atoms with van der Waals surface area (Å²) in [6, 6.07) is 4.32. The van der Waals surface area contributed by atoms with Crippen molar-refractivity contribution < 1.29 is 9.18 Å². The van der Waals surface area contributed by atoms with Crippen molar-refractivity contribution in [3.8, 4) is 0 Å². The maximum atomic E-state index is 13.2. The quantitative estimate of drug-likeness (QED) is 0.862. The summed E-state index contributed by atoms with van der Waals surface area (Å²) in [4.78, 5) is 16.2. The Labute approximate surface area is 121 Å². The molecule has 0 saturated carbocycles. The third-order valence-corrected chi connectivity index (χ3v) is 3.16. The molecule has 1 unspecified atom stereocenters. The molecule has 2 aromatic rings. The van der Waals surface area contributed by atoms with Crippen LogP contribution in [0.1, 0.15) is 31.5 Å². The first-order valence-corrected chi connectivity index (χ1v) is 7.03. The van der Waals surface area contributed by atoms with Crippen LogP contribution in [0.15, 0.2) is 18.2 Å². The largest absolute Gasteiger partial charge is 0.355 e. The van der Waals surface area contributed by atoms with Crippen molar-refractivity contribution >= 4 is 28.5 Å². The van der Waals surface area contributed by atoms with Crippen molar-refractivity contribution in [1.82, 2.24) is 14.9 Å². The van der Waals surface area contributed by atoms with Crippen LogP contribution in [0.2, 0.25) is 0 Å². The number of benzene rings is 1. The summed E-state index contributed by atoms with van der Waals surface area (Å²) in [5.41, 5.74) is 1.22. The highest BCUT2D eigenvalue weighted by Crippen LogP contribution is 2.24.